The minimum Gasteiger partial charge on any atom is -0.372 e. The van der Waals surface area contributed by atoms with Gasteiger partial charge in [0, 0.05) is 12.4 Å². The van der Waals surface area contributed by atoms with E-state index in [2.05, 4.69) is 15.3 Å². The third kappa shape index (κ3) is 1.68. The molecule has 0 radical (unpaired) electrons. The van der Waals surface area contributed by atoms with Gasteiger partial charge in [0.05, 0.1) is 12.9 Å². The predicted molar refractivity (Wildman–Crippen MR) is 51.7 cm³/mol. The summed E-state index contributed by atoms with van der Waals surface area (Å²) in [7, 11) is 0. The highest BCUT2D eigenvalue weighted by molar-refractivity contribution is 6.33. The van der Waals surface area contributed by atoms with Crippen LogP contribution in [0.3, 0.4) is 0 Å². The van der Waals surface area contributed by atoms with Gasteiger partial charge in [-0.2, -0.15) is 4.98 Å². The average Bonchev–Trinajstić information content (AvgIpc) is 2.61. The van der Waals surface area contributed by atoms with E-state index in [0.29, 0.717) is 17.5 Å². The van der Waals surface area contributed by atoms with Gasteiger partial charge in [0.2, 0.25) is 5.28 Å². The maximum atomic E-state index is 5.89. The van der Waals surface area contributed by atoms with Crippen LogP contribution in [0.4, 0.5) is 5.82 Å². The minimum absolute atomic E-state index is 0.194. The lowest BCUT2D eigenvalue weighted by Crippen LogP contribution is -2.21. The summed E-state index contributed by atoms with van der Waals surface area (Å²) in [4.78, 5) is 9.62. The molecule has 4 nitrogen and oxygen atoms in total. The number of nitrogens with zero attached hydrogens (tertiary/aromatic N) is 3. The Balaban J connectivity index is 2.37. The third-order valence-electron chi connectivity index (χ3n) is 1.60. The van der Waals surface area contributed by atoms with Crippen molar-refractivity contribution in [1.29, 1.82) is 0 Å². The summed E-state index contributed by atoms with van der Waals surface area (Å²) < 4.78 is 0. The summed E-state index contributed by atoms with van der Waals surface area (Å²) in [5.41, 5.74) is 0. The van der Waals surface area contributed by atoms with Crippen molar-refractivity contribution < 1.29 is 0 Å². The molecule has 1 aliphatic rings. The molecular weight excluding hydrogens is 211 g/mol. The molecule has 1 aromatic rings. The van der Waals surface area contributed by atoms with E-state index in [1.54, 1.807) is 0 Å². The van der Waals surface area contributed by atoms with Crippen LogP contribution >= 0.6 is 23.2 Å². The van der Waals surface area contributed by atoms with E-state index < -0.39 is 0 Å². The quantitative estimate of drug-likeness (QED) is 0.725. The standard InChI is InChI=1S/C7H6Cl2N4/c8-5-3-11-7(9)12-6(5)13-2-1-10-4-13/h1-3,10H,4H2. The SMILES string of the molecule is Clc1ncc(Cl)c(N2C=CNC2)n1. The fourth-order valence-electron chi connectivity index (χ4n) is 1.03. The monoisotopic (exact) mass is 216 g/mol. The van der Waals surface area contributed by atoms with Crippen LogP contribution in [0, 0.1) is 0 Å². The van der Waals surface area contributed by atoms with Crippen molar-refractivity contribution in [2.75, 3.05) is 11.6 Å². The molecule has 0 unspecified atom stereocenters. The van der Waals surface area contributed by atoms with E-state index >= 15 is 0 Å². The number of hydrogen-bond donors (Lipinski definition) is 1. The Morgan fingerprint density at radius 2 is 2.31 bits per heavy atom. The van der Waals surface area contributed by atoms with Crippen LogP contribution in [-0.2, 0) is 0 Å². The predicted octanol–water partition coefficient (Wildman–Crippen LogP) is 1.62. The van der Waals surface area contributed by atoms with E-state index in [1.807, 2.05) is 17.3 Å². The highest BCUT2D eigenvalue weighted by Gasteiger charge is 2.12. The highest BCUT2D eigenvalue weighted by Crippen LogP contribution is 2.24. The summed E-state index contributed by atoms with van der Waals surface area (Å²) in [6, 6.07) is 0. The Bertz CT molecular complexity index is 352. The van der Waals surface area contributed by atoms with Crippen LogP contribution in [0.15, 0.2) is 18.6 Å². The van der Waals surface area contributed by atoms with Crippen molar-refractivity contribution in [2.24, 2.45) is 0 Å². The molecule has 0 saturated carbocycles. The average molecular weight is 217 g/mol. The Labute approximate surface area is 85.2 Å². The van der Waals surface area contributed by atoms with Gasteiger partial charge in [0.1, 0.15) is 5.02 Å². The largest absolute Gasteiger partial charge is 0.372 e. The summed E-state index contributed by atoms with van der Waals surface area (Å²) in [6.45, 7) is 0.646. The summed E-state index contributed by atoms with van der Waals surface area (Å²) in [5, 5.41) is 3.68. The van der Waals surface area contributed by atoms with Gasteiger partial charge in [0.25, 0.3) is 0 Å². The van der Waals surface area contributed by atoms with E-state index in [4.69, 9.17) is 23.2 Å². The lowest BCUT2D eigenvalue weighted by Gasteiger charge is -2.14. The molecule has 1 N–H and O–H groups in total. The lowest BCUT2D eigenvalue weighted by atomic mass is 10.5. The first-order chi connectivity index (χ1) is 6.27. The second-order valence-corrected chi connectivity index (χ2v) is 3.20. The van der Waals surface area contributed by atoms with E-state index in [-0.39, 0.29) is 5.28 Å². The Hall–Kier alpha value is -1.00. The zero-order valence-corrected chi connectivity index (χ0v) is 8.05. The second-order valence-electron chi connectivity index (χ2n) is 2.46. The number of anilines is 1. The van der Waals surface area contributed by atoms with E-state index in [0.717, 1.165) is 0 Å². The first-order valence-corrected chi connectivity index (χ1v) is 4.38. The molecule has 1 aliphatic heterocycles. The van der Waals surface area contributed by atoms with Crippen LogP contribution in [0.1, 0.15) is 0 Å². The van der Waals surface area contributed by atoms with E-state index in [1.165, 1.54) is 6.20 Å². The summed E-state index contributed by atoms with van der Waals surface area (Å²) in [6.07, 6.45) is 5.13. The molecular formula is C7H6Cl2N4. The van der Waals surface area contributed by atoms with Crippen molar-refractivity contribution in [3.05, 3.63) is 28.9 Å². The van der Waals surface area contributed by atoms with Gasteiger partial charge in [-0.3, -0.25) is 0 Å². The summed E-state index contributed by atoms with van der Waals surface area (Å²) in [5.74, 6) is 0.614. The van der Waals surface area contributed by atoms with Crippen LogP contribution < -0.4 is 10.2 Å². The Kier molecular flexibility index (Phi) is 2.24. The topological polar surface area (TPSA) is 41.1 Å². The van der Waals surface area contributed by atoms with Crippen molar-refractivity contribution in [2.45, 2.75) is 0 Å². The molecule has 1 aromatic heterocycles. The van der Waals surface area contributed by atoms with Gasteiger partial charge in [-0.1, -0.05) is 11.6 Å². The van der Waals surface area contributed by atoms with E-state index in [9.17, 15) is 0 Å². The number of rotatable bonds is 1. The molecule has 0 fully saturated rings. The molecule has 6 heteroatoms. The van der Waals surface area contributed by atoms with Crippen molar-refractivity contribution in [1.82, 2.24) is 15.3 Å². The smallest absolute Gasteiger partial charge is 0.224 e. The van der Waals surface area contributed by atoms with Crippen LogP contribution in [0.2, 0.25) is 10.3 Å². The minimum atomic E-state index is 0.194. The highest BCUT2D eigenvalue weighted by atomic mass is 35.5. The maximum absolute atomic E-state index is 5.89. The first-order valence-electron chi connectivity index (χ1n) is 3.62. The van der Waals surface area contributed by atoms with Gasteiger partial charge in [0.15, 0.2) is 5.82 Å². The molecule has 0 aromatic carbocycles. The second kappa shape index (κ2) is 3.40. The van der Waals surface area contributed by atoms with Crippen LogP contribution in [0.5, 0.6) is 0 Å². The molecule has 0 atom stereocenters. The van der Waals surface area contributed by atoms with Gasteiger partial charge in [-0.05, 0) is 11.6 Å². The Morgan fingerprint density at radius 1 is 1.46 bits per heavy atom. The molecule has 68 valence electrons. The molecule has 0 bridgehead atoms. The zero-order valence-electron chi connectivity index (χ0n) is 6.54. The van der Waals surface area contributed by atoms with Crippen LogP contribution in [-0.4, -0.2) is 16.6 Å². The molecule has 2 rings (SSSR count). The van der Waals surface area contributed by atoms with Gasteiger partial charge in [-0.15, -0.1) is 0 Å². The Morgan fingerprint density at radius 3 is 3.00 bits per heavy atom. The lowest BCUT2D eigenvalue weighted by molar-refractivity contribution is 0.883. The molecule has 0 saturated heterocycles. The molecule has 0 spiro atoms. The number of halogens is 2. The molecule has 0 aliphatic carbocycles. The normalized spacial score (nSPS) is 14.8. The zero-order chi connectivity index (χ0) is 9.26. The van der Waals surface area contributed by atoms with Crippen molar-refractivity contribution >= 4 is 29.0 Å². The van der Waals surface area contributed by atoms with Gasteiger partial charge >= 0.3 is 0 Å². The fraction of sp³-hybridized carbons (Fsp3) is 0.143. The number of aromatic nitrogens is 2. The molecule has 2 heterocycles. The number of nitrogens with one attached hydrogen (secondary N) is 1. The first kappa shape index (κ1) is 8.59. The fourth-order valence-corrected chi connectivity index (χ4v) is 1.36. The maximum Gasteiger partial charge on any atom is 0.224 e. The van der Waals surface area contributed by atoms with Crippen molar-refractivity contribution in [3.63, 3.8) is 0 Å². The van der Waals surface area contributed by atoms with Gasteiger partial charge < -0.3 is 10.2 Å². The van der Waals surface area contributed by atoms with Gasteiger partial charge in [-0.25, -0.2) is 4.98 Å². The molecule has 0 amide bonds. The van der Waals surface area contributed by atoms with Crippen LogP contribution in [0.25, 0.3) is 0 Å². The summed E-state index contributed by atoms with van der Waals surface area (Å²) >= 11 is 11.5. The molecule has 13 heavy (non-hydrogen) atoms. The number of hydrogen-bond acceptors (Lipinski definition) is 4. The van der Waals surface area contributed by atoms with Crippen molar-refractivity contribution in [3.8, 4) is 0 Å². The third-order valence-corrected chi connectivity index (χ3v) is 2.05.